The maximum absolute atomic E-state index is 12.8. The number of fused-ring (bicyclic) bond motifs is 1. The number of rotatable bonds is 4. The largest absolute Gasteiger partial charge is 0.396 e. The fourth-order valence-electron chi connectivity index (χ4n) is 3.64. The molecule has 2 aromatic rings. The van der Waals surface area contributed by atoms with Gasteiger partial charge in [-0.25, -0.2) is 4.79 Å². The van der Waals surface area contributed by atoms with Crippen LogP contribution in [0, 0.1) is 5.92 Å². The molecule has 24 heavy (non-hydrogen) atoms. The first kappa shape index (κ1) is 16.8. The van der Waals surface area contributed by atoms with Crippen molar-refractivity contribution in [2.75, 3.05) is 13.2 Å². The number of para-hydroxylation sites is 2. The molecular weight excluding hydrogens is 306 g/mol. The zero-order chi connectivity index (χ0) is 17.3. The van der Waals surface area contributed by atoms with Crippen molar-refractivity contribution in [1.29, 1.82) is 0 Å². The third kappa shape index (κ3) is 2.86. The normalized spacial score (nSPS) is 21.4. The molecule has 1 aromatic carbocycles. The molecule has 1 amide bonds. The second-order valence-electron chi connectivity index (χ2n) is 6.62. The number of aliphatic hydroxyl groups is 1. The number of aromatic nitrogens is 2. The highest BCUT2D eigenvalue weighted by molar-refractivity contribution is 5.81. The lowest BCUT2D eigenvalue weighted by Gasteiger charge is -2.37. The number of hydrogen-bond acceptors (Lipinski definition) is 3. The summed E-state index contributed by atoms with van der Waals surface area (Å²) < 4.78 is 3.26. The Bertz CT molecular complexity index is 792. The van der Waals surface area contributed by atoms with E-state index in [9.17, 15) is 14.7 Å². The minimum atomic E-state index is -0.143. The van der Waals surface area contributed by atoms with E-state index in [-0.39, 0.29) is 36.7 Å². The van der Waals surface area contributed by atoms with Gasteiger partial charge in [0.15, 0.2) is 0 Å². The standard InChI is InChI=1S/C18H25N3O3/c1-3-19-15-6-4-5-7-16(15)21(18(19)24)11-17(23)20-10-14(12-22)9-8-13(20)2/h4-7,13-14,22H,3,8-12H2,1-2H3. The van der Waals surface area contributed by atoms with Crippen molar-refractivity contribution in [1.82, 2.24) is 14.0 Å². The molecule has 6 heteroatoms. The third-order valence-corrected chi connectivity index (χ3v) is 5.09. The van der Waals surface area contributed by atoms with E-state index >= 15 is 0 Å². The number of aliphatic hydroxyl groups excluding tert-OH is 1. The number of amides is 1. The van der Waals surface area contributed by atoms with Crippen LogP contribution in [0.1, 0.15) is 26.7 Å². The minimum Gasteiger partial charge on any atom is -0.396 e. The molecular formula is C18H25N3O3. The van der Waals surface area contributed by atoms with Gasteiger partial charge in [0.2, 0.25) is 5.91 Å². The lowest BCUT2D eigenvalue weighted by Crippen LogP contribution is -2.48. The lowest BCUT2D eigenvalue weighted by atomic mass is 9.94. The highest BCUT2D eigenvalue weighted by Gasteiger charge is 2.29. The van der Waals surface area contributed by atoms with Gasteiger partial charge in [0, 0.05) is 25.7 Å². The number of likely N-dealkylation sites (tertiary alicyclic amines) is 1. The molecule has 2 unspecified atom stereocenters. The van der Waals surface area contributed by atoms with Crippen molar-refractivity contribution < 1.29 is 9.90 Å². The van der Waals surface area contributed by atoms with Crippen LogP contribution in [0.15, 0.2) is 29.1 Å². The van der Waals surface area contributed by atoms with Gasteiger partial charge < -0.3 is 10.0 Å². The van der Waals surface area contributed by atoms with Crippen LogP contribution in [0.25, 0.3) is 11.0 Å². The molecule has 0 radical (unpaired) electrons. The first-order chi connectivity index (χ1) is 11.6. The topological polar surface area (TPSA) is 67.5 Å². The maximum Gasteiger partial charge on any atom is 0.329 e. The summed E-state index contributed by atoms with van der Waals surface area (Å²) in [5.74, 6) is 0.0839. The molecule has 3 rings (SSSR count). The van der Waals surface area contributed by atoms with Crippen LogP contribution in [-0.4, -0.2) is 44.2 Å². The number of imidazole rings is 1. The summed E-state index contributed by atoms with van der Waals surface area (Å²) in [7, 11) is 0. The summed E-state index contributed by atoms with van der Waals surface area (Å²) >= 11 is 0. The third-order valence-electron chi connectivity index (χ3n) is 5.09. The van der Waals surface area contributed by atoms with Gasteiger partial charge in [0.05, 0.1) is 11.0 Å². The molecule has 1 saturated heterocycles. The van der Waals surface area contributed by atoms with Crippen LogP contribution in [0.2, 0.25) is 0 Å². The summed E-state index contributed by atoms with van der Waals surface area (Å²) in [6.07, 6.45) is 1.83. The van der Waals surface area contributed by atoms with E-state index in [4.69, 9.17) is 0 Å². The fraction of sp³-hybridized carbons (Fsp3) is 0.556. The zero-order valence-electron chi connectivity index (χ0n) is 14.3. The highest BCUT2D eigenvalue weighted by atomic mass is 16.3. The number of carbonyl (C=O) groups is 1. The van der Waals surface area contributed by atoms with E-state index in [2.05, 4.69) is 0 Å². The van der Waals surface area contributed by atoms with Crippen molar-refractivity contribution in [3.63, 3.8) is 0 Å². The number of hydrogen-bond donors (Lipinski definition) is 1. The maximum atomic E-state index is 12.8. The molecule has 0 aliphatic carbocycles. The molecule has 1 N–H and O–H groups in total. The van der Waals surface area contributed by atoms with Crippen LogP contribution in [0.3, 0.4) is 0 Å². The van der Waals surface area contributed by atoms with Gasteiger partial charge in [-0.05, 0) is 44.7 Å². The predicted molar refractivity (Wildman–Crippen MR) is 92.9 cm³/mol. The SMILES string of the molecule is CCn1c(=O)n(CC(=O)N2CC(CO)CCC2C)c2ccccc21. The Morgan fingerprint density at radius 1 is 1.21 bits per heavy atom. The van der Waals surface area contributed by atoms with Gasteiger partial charge in [-0.1, -0.05) is 12.1 Å². The molecule has 2 atom stereocenters. The van der Waals surface area contributed by atoms with Crippen LogP contribution in [-0.2, 0) is 17.9 Å². The van der Waals surface area contributed by atoms with E-state index < -0.39 is 0 Å². The Kier molecular flexibility index (Phi) is 4.76. The number of nitrogens with zero attached hydrogens (tertiary/aromatic N) is 3. The van der Waals surface area contributed by atoms with Gasteiger partial charge in [0.25, 0.3) is 0 Å². The Hall–Kier alpha value is -2.08. The minimum absolute atomic E-state index is 0.0504. The Balaban J connectivity index is 1.91. The summed E-state index contributed by atoms with van der Waals surface area (Å²) in [4.78, 5) is 27.3. The van der Waals surface area contributed by atoms with Crippen molar-refractivity contribution in [3.8, 4) is 0 Å². The average Bonchev–Trinajstić information content (AvgIpc) is 2.87. The smallest absolute Gasteiger partial charge is 0.329 e. The lowest BCUT2D eigenvalue weighted by molar-refractivity contribution is -0.136. The Labute approximate surface area is 141 Å². The predicted octanol–water partition coefficient (Wildman–Crippen LogP) is 1.44. The van der Waals surface area contributed by atoms with E-state index in [0.717, 1.165) is 23.9 Å². The van der Waals surface area contributed by atoms with E-state index in [1.165, 1.54) is 0 Å². The van der Waals surface area contributed by atoms with E-state index in [1.54, 1.807) is 9.13 Å². The van der Waals surface area contributed by atoms with Crippen LogP contribution in [0.4, 0.5) is 0 Å². The molecule has 130 valence electrons. The molecule has 0 bridgehead atoms. The van der Waals surface area contributed by atoms with Crippen molar-refractivity contribution in [2.45, 2.75) is 45.8 Å². The van der Waals surface area contributed by atoms with Crippen molar-refractivity contribution in [3.05, 3.63) is 34.7 Å². The van der Waals surface area contributed by atoms with Crippen molar-refractivity contribution in [2.24, 2.45) is 5.92 Å². The molecule has 1 aliphatic rings. The molecule has 6 nitrogen and oxygen atoms in total. The quantitative estimate of drug-likeness (QED) is 0.922. The number of benzene rings is 1. The number of aryl methyl sites for hydroxylation is 1. The molecule has 2 heterocycles. The number of piperidine rings is 1. The van der Waals surface area contributed by atoms with Gasteiger partial charge in [-0.2, -0.15) is 0 Å². The van der Waals surface area contributed by atoms with E-state index in [0.29, 0.717) is 13.1 Å². The Morgan fingerprint density at radius 2 is 1.88 bits per heavy atom. The van der Waals surface area contributed by atoms with Gasteiger partial charge in [0.1, 0.15) is 6.54 Å². The highest BCUT2D eigenvalue weighted by Crippen LogP contribution is 2.22. The summed E-state index contributed by atoms with van der Waals surface area (Å²) in [6.45, 7) is 5.26. The first-order valence-electron chi connectivity index (χ1n) is 8.65. The average molecular weight is 331 g/mol. The number of carbonyl (C=O) groups excluding carboxylic acids is 1. The molecule has 0 saturated carbocycles. The van der Waals surface area contributed by atoms with Crippen LogP contribution in [0.5, 0.6) is 0 Å². The summed E-state index contributed by atoms with van der Waals surface area (Å²) in [6, 6.07) is 7.72. The molecule has 1 aliphatic heterocycles. The Morgan fingerprint density at radius 3 is 2.50 bits per heavy atom. The van der Waals surface area contributed by atoms with Crippen molar-refractivity contribution >= 4 is 16.9 Å². The first-order valence-corrected chi connectivity index (χ1v) is 8.65. The second-order valence-corrected chi connectivity index (χ2v) is 6.62. The summed E-state index contributed by atoms with van der Waals surface area (Å²) in [5, 5.41) is 9.39. The molecule has 0 spiro atoms. The van der Waals surface area contributed by atoms with Gasteiger partial charge >= 0.3 is 5.69 Å². The molecule has 1 fully saturated rings. The van der Waals surface area contributed by atoms with Crippen LogP contribution < -0.4 is 5.69 Å². The van der Waals surface area contributed by atoms with Gasteiger partial charge in [-0.15, -0.1) is 0 Å². The zero-order valence-corrected chi connectivity index (χ0v) is 14.3. The molecule has 1 aromatic heterocycles. The fourth-order valence-corrected chi connectivity index (χ4v) is 3.64. The van der Waals surface area contributed by atoms with Gasteiger partial charge in [-0.3, -0.25) is 13.9 Å². The van der Waals surface area contributed by atoms with Crippen LogP contribution >= 0.6 is 0 Å². The monoisotopic (exact) mass is 331 g/mol. The second kappa shape index (κ2) is 6.81. The summed E-state index contributed by atoms with van der Waals surface area (Å²) in [5.41, 5.74) is 1.51. The van der Waals surface area contributed by atoms with E-state index in [1.807, 2.05) is 43.0 Å².